The summed E-state index contributed by atoms with van der Waals surface area (Å²) in [6, 6.07) is 14.2. The first-order valence-corrected chi connectivity index (χ1v) is 10.6. The minimum Gasteiger partial charge on any atom is -0.508 e. The number of Topliss-reactive ketones (excluding diaryl/α,β-unsaturated/α-hetero) is 1. The number of phenolic OH excluding ortho intramolecular Hbond substituents is 1. The number of aromatic nitrogens is 1. The summed E-state index contributed by atoms with van der Waals surface area (Å²) in [5, 5.41) is 20.8. The topological polar surface area (TPSA) is 117 Å². The average molecular weight is 458 g/mol. The molecule has 2 aromatic carbocycles. The molecule has 0 radical (unpaired) electrons. The summed E-state index contributed by atoms with van der Waals surface area (Å²) < 4.78 is 5.25. The number of ketones is 1. The first-order chi connectivity index (χ1) is 16.3. The van der Waals surface area contributed by atoms with Crippen LogP contribution in [0.2, 0.25) is 0 Å². The summed E-state index contributed by atoms with van der Waals surface area (Å²) in [7, 11) is 0. The number of esters is 1. The molecule has 1 aliphatic heterocycles. The van der Waals surface area contributed by atoms with Gasteiger partial charge in [0.2, 0.25) is 0 Å². The number of amides is 1. The highest BCUT2D eigenvalue weighted by Crippen LogP contribution is 2.42. The van der Waals surface area contributed by atoms with Gasteiger partial charge in [0.1, 0.15) is 11.5 Å². The smallest absolute Gasteiger partial charge is 0.338 e. The van der Waals surface area contributed by atoms with Gasteiger partial charge in [0.25, 0.3) is 11.7 Å². The zero-order valence-corrected chi connectivity index (χ0v) is 18.5. The fraction of sp³-hybridized carbons (Fsp3) is 0.154. The molecule has 0 aliphatic carbocycles. The van der Waals surface area contributed by atoms with E-state index in [1.165, 1.54) is 47.6 Å². The standard InChI is InChI=1S/C26H22N2O6/c1-15(2)34-26(33)18-4-3-5-19(14-18)28-22(16-6-8-20(29)9-7-16)21(24(31)25(28)32)23(30)17-10-12-27-13-11-17/h3-15,22,29-30H,1-2H3/b23-21+. The van der Waals surface area contributed by atoms with Crippen LogP contribution in [0, 0.1) is 0 Å². The maximum Gasteiger partial charge on any atom is 0.338 e. The number of carbonyl (C=O) groups excluding carboxylic acids is 3. The Hall–Kier alpha value is -4.46. The molecule has 0 bridgehead atoms. The van der Waals surface area contributed by atoms with Crippen LogP contribution in [0.25, 0.3) is 5.76 Å². The van der Waals surface area contributed by atoms with E-state index in [0.717, 1.165) is 0 Å². The summed E-state index contributed by atoms with van der Waals surface area (Å²) in [5.74, 6) is -2.64. The molecule has 1 aliphatic rings. The van der Waals surface area contributed by atoms with Crippen LogP contribution in [-0.4, -0.2) is 39.0 Å². The van der Waals surface area contributed by atoms with E-state index in [-0.39, 0.29) is 34.4 Å². The predicted molar refractivity (Wildman–Crippen MR) is 124 cm³/mol. The lowest BCUT2D eigenvalue weighted by molar-refractivity contribution is -0.132. The largest absolute Gasteiger partial charge is 0.508 e. The van der Waals surface area contributed by atoms with E-state index in [0.29, 0.717) is 11.1 Å². The predicted octanol–water partition coefficient (Wildman–Crippen LogP) is 3.98. The molecule has 2 heterocycles. The summed E-state index contributed by atoms with van der Waals surface area (Å²) in [4.78, 5) is 44.0. The zero-order valence-electron chi connectivity index (χ0n) is 18.5. The summed E-state index contributed by atoms with van der Waals surface area (Å²) in [6.07, 6.45) is 2.59. The second kappa shape index (κ2) is 9.19. The van der Waals surface area contributed by atoms with Gasteiger partial charge in [-0.1, -0.05) is 18.2 Å². The molecule has 1 aromatic heterocycles. The number of benzene rings is 2. The molecule has 1 saturated heterocycles. The van der Waals surface area contributed by atoms with E-state index >= 15 is 0 Å². The van der Waals surface area contributed by atoms with Gasteiger partial charge in [-0.3, -0.25) is 19.5 Å². The molecule has 8 heteroatoms. The molecule has 8 nitrogen and oxygen atoms in total. The second-order valence-electron chi connectivity index (χ2n) is 8.00. The maximum absolute atomic E-state index is 13.2. The molecule has 1 atom stereocenters. The summed E-state index contributed by atoms with van der Waals surface area (Å²) >= 11 is 0. The van der Waals surface area contributed by atoms with Gasteiger partial charge in [-0.2, -0.15) is 0 Å². The fourth-order valence-corrected chi connectivity index (χ4v) is 3.80. The maximum atomic E-state index is 13.2. The van der Waals surface area contributed by atoms with E-state index in [4.69, 9.17) is 4.74 Å². The van der Waals surface area contributed by atoms with Crippen molar-refractivity contribution in [2.24, 2.45) is 0 Å². The molecule has 172 valence electrons. The van der Waals surface area contributed by atoms with Gasteiger partial charge in [-0.05, 0) is 61.9 Å². The molecule has 34 heavy (non-hydrogen) atoms. The van der Waals surface area contributed by atoms with Crippen molar-refractivity contribution in [3.63, 3.8) is 0 Å². The minimum absolute atomic E-state index is 0.00765. The number of phenols is 1. The molecule has 1 fully saturated rings. The molecule has 0 saturated carbocycles. The molecule has 1 amide bonds. The van der Waals surface area contributed by atoms with Crippen LogP contribution in [0.1, 0.15) is 41.4 Å². The third-order valence-electron chi connectivity index (χ3n) is 5.31. The normalized spacial score (nSPS) is 17.3. The van der Waals surface area contributed by atoms with Crippen molar-refractivity contribution in [1.82, 2.24) is 4.98 Å². The van der Waals surface area contributed by atoms with Crippen LogP contribution in [0.3, 0.4) is 0 Å². The highest BCUT2D eigenvalue weighted by molar-refractivity contribution is 6.51. The number of hydrogen-bond donors (Lipinski definition) is 2. The number of nitrogens with zero attached hydrogens (tertiary/aromatic N) is 2. The fourth-order valence-electron chi connectivity index (χ4n) is 3.80. The van der Waals surface area contributed by atoms with E-state index in [1.807, 2.05) is 0 Å². The van der Waals surface area contributed by atoms with Crippen molar-refractivity contribution in [3.05, 3.63) is 95.3 Å². The van der Waals surface area contributed by atoms with Gasteiger partial charge < -0.3 is 14.9 Å². The molecule has 1 unspecified atom stereocenters. The van der Waals surface area contributed by atoms with Gasteiger partial charge in [0.15, 0.2) is 0 Å². The molecular formula is C26H22N2O6. The first-order valence-electron chi connectivity index (χ1n) is 10.6. The van der Waals surface area contributed by atoms with Crippen LogP contribution in [0.5, 0.6) is 5.75 Å². The Bertz CT molecular complexity index is 1280. The second-order valence-corrected chi connectivity index (χ2v) is 8.00. The van der Waals surface area contributed by atoms with Gasteiger partial charge in [-0.25, -0.2) is 4.79 Å². The van der Waals surface area contributed by atoms with E-state index in [9.17, 15) is 24.6 Å². The van der Waals surface area contributed by atoms with Crippen molar-refractivity contribution in [2.75, 3.05) is 4.90 Å². The Kier molecular flexibility index (Phi) is 6.14. The monoisotopic (exact) mass is 458 g/mol. The van der Waals surface area contributed by atoms with E-state index in [1.54, 1.807) is 44.2 Å². The highest BCUT2D eigenvalue weighted by Gasteiger charge is 2.47. The zero-order chi connectivity index (χ0) is 24.4. The van der Waals surface area contributed by atoms with Gasteiger partial charge in [0, 0.05) is 23.6 Å². The molecule has 0 spiro atoms. The summed E-state index contributed by atoms with van der Waals surface area (Å²) in [5.41, 5.74) is 1.20. The van der Waals surface area contributed by atoms with Crippen molar-refractivity contribution >= 4 is 29.1 Å². The SMILES string of the molecule is CC(C)OC(=O)c1cccc(N2C(=O)C(=O)/C(=C(/O)c3ccncc3)C2c2ccc(O)cc2)c1. The number of carbonyl (C=O) groups is 3. The third kappa shape index (κ3) is 4.25. The van der Waals surface area contributed by atoms with Crippen molar-refractivity contribution in [1.29, 1.82) is 0 Å². The lowest BCUT2D eigenvalue weighted by Crippen LogP contribution is -2.29. The highest BCUT2D eigenvalue weighted by atomic mass is 16.5. The van der Waals surface area contributed by atoms with Gasteiger partial charge in [0.05, 0.1) is 23.3 Å². The Morgan fingerprint density at radius 1 is 1.00 bits per heavy atom. The van der Waals surface area contributed by atoms with Crippen molar-refractivity contribution in [3.8, 4) is 5.75 Å². The van der Waals surface area contributed by atoms with Crippen LogP contribution < -0.4 is 4.90 Å². The van der Waals surface area contributed by atoms with E-state index < -0.39 is 23.7 Å². The lowest BCUT2D eigenvalue weighted by atomic mass is 9.95. The molecular weight excluding hydrogens is 436 g/mol. The number of aromatic hydroxyl groups is 1. The third-order valence-corrected chi connectivity index (χ3v) is 5.31. The number of aliphatic hydroxyl groups is 1. The molecule has 2 N–H and O–H groups in total. The molecule has 3 aromatic rings. The Labute approximate surface area is 195 Å². The van der Waals surface area contributed by atoms with Crippen LogP contribution in [0.4, 0.5) is 5.69 Å². The Morgan fingerprint density at radius 3 is 2.32 bits per heavy atom. The van der Waals surface area contributed by atoms with Crippen LogP contribution in [0.15, 0.2) is 78.6 Å². The quantitative estimate of drug-likeness (QED) is 0.257. The summed E-state index contributed by atoms with van der Waals surface area (Å²) in [6.45, 7) is 3.45. The first kappa shape index (κ1) is 22.7. The lowest BCUT2D eigenvalue weighted by Gasteiger charge is -2.26. The minimum atomic E-state index is -0.995. The average Bonchev–Trinajstić information content (AvgIpc) is 3.09. The Morgan fingerprint density at radius 2 is 1.68 bits per heavy atom. The number of rotatable bonds is 5. The van der Waals surface area contributed by atoms with E-state index in [2.05, 4.69) is 4.98 Å². The number of aliphatic hydroxyl groups excluding tert-OH is 1. The number of hydrogen-bond acceptors (Lipinski definition) is 7. The van der Waals surface area contributed by atoms with Crippen molar-refractivity contribution in [2.45, 2.75) is 26.0 Å². The van der Waals surface area contributed by atoms with Gasteiger partial charge in [-0.15, -0.1) is 0 Å². The Balaban J connectivity index is 1.88. The number of anilines is 1. The number of pyridine rings is 1. The van der Waals surface area contributed by atoms with Crippen molar-refractivity contribution < 1.29 is 29.3 Å². The number of ether oxygens (including phenoxy) is 1. The van der Waals surface area contributed by atoms with Crippen LogP contribution >= 0.6 is 0 Å². The van der Waals surface area contributed by atoms with Crippen LogP contribution in [-0.2, 0) is 14.3 Å². The van der Waals surface area contributed by atoms with Gasteiger partial charge >= 0.3 is 5.97 Å². The molecule has 4 rings (SSSR count).